The zero-order valence-electron chi connectivity index (χ0n) is 17.8. The molecule has 4 rings (SSSR count). The van der Waals surface area contributed by atoms with Crippen LogP contribution in [0, 0.1) is 11.8 Å². The zero-order chi connectivity index (χ0) is 22.8. The van der Waals surface area contributed by atoms with Gasteiger partial charge in [-0.15, -0.1) is 0 Å². The van der Waals surface area contributed by atoms with Crippen molar-refractivity contribution in [2.75, 3.05) is 20.1 Å². The van der Waals surface area contributed by atoms with Gasteiger partial charge in [-0.1, -0.05) is 30.3 Å². The van der Waals surface area contributed by atoms with Crippen LogP contribution < -0.4 is 16.4 Å². The topological polar surface area (TPSA) is 122 Å². The first kappa shape index (κ1) is 21.5. The van der Waals surface area contributed by atoms with Crippen LogP contribution in [0.15, 0.2) is 54.6 Å². The van der Waals surface area contributed by atoms with E-state index in [0.29, 0.717) is 11.1 Å². The molecule has 166 valence electrons. The van der Waals surface area contributed by atoms with Crippen molar-refractivity contribution in [3.63, 3.8) is 0 Å². The molecule has 0 unspecified atom stereocenters. The molecule has 2 fully saturated rings. The molecule has 32 heavy (non-hydrogen) atoms. The quantitative estimate of drug-likeness (QED) is 0.625. The van der Waals surface area contributed by atoms with Crippen LogP contribution in [0.25, 0.3) is 0 Å². The van der Waals surface area contributed by atoms with E-state index in [2.05, 4.69) is 10.6 Å². The molecule has 2 aromatic rings. The van der Waals surface area contributed by atoms with Crippen LogP contribution in [0.4, 0.5) is 0 Å². The van der Waals surface area contributed by atoms with Crippen LogP contribution in [0.5, 0.6) is 0 Å². The molecule has 1 saturated carbocycles. The first-order chi connectivity index (χ1) is 15.4. The molecule has 1 aliphatic heterocycles. The van der Waals surface area contributed by atoms with Gasteiger partial charge in [0.1, 0.15) is 0 Å². The number of hydrogen-bond acceptors (Lipinski definition) is 4. The summed E-state index contributed by atoms with van der Waals surface area (Å²) in [5.74, 6) is -2.54. The van der Waals surface area contributed by atoms with Gasteiger partial charge < -0.3 is 21.3 Å². The molecule has 0 radical (unpaired) electrons. The van der Waals surface area contributed by atoms with E-state index in [9.17, 15) is 19.2 Å². The Hall–Kier alpha value is -3.68. The van der Waals surface area contributed by atoms with Gasteiger partial charge in [0.05, 0.1) is 11.8 Å². The Morgan fingerprint density at radius 2 is 1.53 bits per heavy atom. The third-order valence-electron chi connectivity index (χ3n) is 6.28. The highest BCUT2D eigenvalue weighted by molar-refractivity contribution is 5.99. The molecule has 8 heteroatoms. The van der Waals surface area contributed by atoms with Gasteiger partial charge in [-0.25, -0.2) is 0 Å². The van der Waals surface area contributed by atoms with Crippen molar-refractivity contribution >= 4 is 23.6 Å². The highest BCUT2D eigenvalue weighted by Gasteiger charge is 2.46. The number of nitrogens with one attached hydrogen (secondary N) is 2. The summed E-state index contributed by atoms with van der Waals surface area (Å²) in [4.78, 5) is 51.1. The third-order valence-corrected chi connectivity index (χ3v) is 6.28. The van der Waals surface area contributed by atoms with Crippen molar-refractivity contribution in [1.29, 1.82) is 0 Å². The molecular formula is C24H26N4O4. The van der Waals surface area contributed by atoms with Gasteiger partial charge in [0, 0.05) is 43.2 Å². The monoisotopic (exact) mass is 434 g/mol. The van der Waals surface area contributed by atoms with Crippen molar-refractivity contribution in [3.8, 4) is 0 Å². The minimum atomic E-state index is -0.738. The van der Waals surface area contributed by atoms with Crippen LogP contribution >= 0.6 is 0 Å². The highest BCUT2D eigenvalue weighted by atomic mass is 16.2. The van der Waals surface area contributed by atoms with Crippen LogP contribution in [-0.4, -0.2) is 54.7 Å². The fraction of sp³-hybridized carbons (Fsp3) is 0.333. The van der Waals surface area contributed by atoms with Crippen molar-refractivity contribution in [1.82, 2.24) is 15.5 Å². The highest BCUT2D eigenvalue weighted by Crippen LogP contribution is 2.41. The predicted octanol–water partition coefficient (Wildman–Crippen LogP) is 0.892. The number of rotatable bonds is 6. The standard InChI is InChI=1S/C24H26N4O4/c1-26-22(30)15-7-9-16(10-8-15)24(32)28-12-18(21(25)29)19(13-28)23(31)27-20-11-17(20)14-5-3-2-4-6-14/h2-10,17-20H,11-13H2,1H3,(H2,25,29)(H,26,30)(H,27,31)/t17-,18-,19-,20+/m1/s1. The Morgan fingerprint density at radius 1 is 0.906 bits per heavy atom. The maximum Gasteiger partial charge on any atom is 0.253 e. The molecule has 0 spiro atoms. The smallest absolute Gasteiger partial charge is 0.253 e. The summed E-state index contributed by atoms with van der Waals surface area (Å²) < 4.78 is 0. The van der Waals surface area contributed by atoms with Crippen LogP contribution in [0.2, 0.25) is 0 Å². The average molecular weight is 434 g/mol. The van der Waals surface area contributed by atoms with E-state index in [4.69, 9.17) is 5.73 Å². The van der Waals surface area contributed by atoms with Gasteiger partial charge in [0.2, 0.25) is 11.8 Å². The average Bonchev–Trinajstić information content (AvgIpc) is 3.42. The molecule has 1 saturated heterocycles. The number of carbonyl (C=O) groups is 4. The first-order valence-corrected chi connectivity index (χ1v) is 10.6. The summed E-state index contributed by atoms with van der Waals surface area (Å²) in [5, 5.41) is 5.55. The molecule has 0 bridgehead atoms. The molecule has 2 aromatic carbocycles. The van der Waals surface area contributed by atoms with Gasteiger partial charge in [-0.3, -0.25) is 19.2 Å². The number of carbonyl (C=O) groups excluding carboxylic acids is 4. The van der Waals surface area contributed by atoms with Crippen LogP contribution in [0.1, 0.15) is 38.6 Å². The van der Waals surface area contributed by atoms with Crippen molar-refractivity contribution in [3.05, 3.63) is 71.3 Å². The lowest BCUT2D eigenvalue weighted by atomic mass is 9.94. The fourth-order valence-corrected chi connectivity index (χ4v) is 4.33. The molecular weight excluding hydrogens is 408 g/mol. The van der Waals surface area contributed by atoms with E-state index < -0.39 is 17.7 Å². The molecule has 4 amide bonds. The largest absolute Gasteiger partial charge is 0.369 e. The molecule has 2 aliphatic rings. The molecule has 4 N–H and O–H groups in total. The summed E-state index contributed by atoms with van der Waals surface area (Å²) in [6.07, 6.45) is 0.851. The zero-order valence-corrected chi connectivity index (χ0v) is 17.8. The predicted molar refractivity (Wildman–Crippen MR) is 118 cm³/mol. The lowest BCUT2D eigenvalue weighted by Gasteiger charge is -2.16. The molecule has 8 nitrogen and oxygen atoms in total. The lowest BCUT2D eigenvalue weighted by Crippen LogP contribution is -2.40. The Kier molecular flexibility index (Phi) is 5.94. The molecule has 0 aromatic heterocycles. The number of likely N-dealkylation sites (tertiary alicyclic amines) is 1. The van der Waals surface area contributed by atoms with Gasteiger partial charge in [-0.05, 0) is 36.2 Å². The normalized spacial score (nSPS) is 24.0. The SMILES string of the molecule is CNC(=O)c1ccc(C(=O)N2C[C@@H](C(N)=O)[C@H](C(=O)N[C@H]3C[C@@H]3c3ccccc3)C2)cc1. The molecule has 1 aliphatic carbocycles. The van der Waals surface area contributed by atoms with Crippen molar-refractivity contribution in [2.45, 2.75) is 18.4 Å². The number of nitrogens with zero attached hydrogens (tertiary/aromatic N) is 1. The number of primary amides is 1. The minimum Gasteiger partial charge on any atom is -0.369 e. The van der Waals surface area contributed by atoms with Gasteiger partial charge in [0.25, 0.3) is 11.8 Å². The Morgan fingerprint density at radius 3 is 2.16 bits per heavy atom. The summed E-state index contributed by atoms with van der Waals surface area (Å²) in [5.41, 5.74) is 7.56. The summed E-state index contributed by atoms with van der Waals surface area (Å²) >= 11 is 0. The van der Waals surface area contributed by atoms with Crippen LogP contribution in [0.3, 0.4) is 0 Å². The van der Waals surface area contributed by atoms with E-state index in [1.807, 2.05) is 30.3 Å². The second-order valence-corrected chi connectivity index (χ2v) is 8.35. The van der Waals surface area contributed by atoms with Gasteiger partial charge in [0.15, 0.2) is 0 Å². The van der Waals surface area contributed by atoms with Crippen molar-refractivity contribution in [2.24, 2.45) is 17.6 Å². The van der Waals surface area contributed by atoms with Crippen molar-refractivity contribution < 1.29 is 19.2 Å². The van der Waals surface area contributed by atoms with E-state index in [-0.39, 0.29) is 42.8 Å². The maximum atomic E-state index is 12.9. The maximum absolute atomic E-state index is 12.9. The first-order valence-electron chi connectivity index (χ1n) is 10.6. The molecule has 1 heterocycles. The van der Waals surface area contributed by atoms with E-state index in [1.54, 1.807) is 24.3 Å². The number of hydrogen-bond donors (Lipinski definition) is 3. The fourth-order valence-electron chi connectivity index (χ4n) is 4.33. The van der Waals surface area contributed by atoms with Crippen LogP contribution in [-0.2, 0) is 9.59 Å². The summed E-state index contributed by atoms with van der Waals surface area (Å²) in [7, 11) is 1.53. The Labute approximate surface area is 186 Å². The number of amides is 4. The second kappa shape index (κ2) is 8.82. The second-order valence-electron chi connectivity index (χ2n) is 8.35. The number of nitrogens with two attached hydrogens (primary N) is 1. The summed E-state index contributed by atoms with van der Waals surface area (Å²) in [6.45, 7) is 0.217. The minimum absolute atomic E-state index is 0.0282. The van der Waals surface area contributed by atoms with E-state index in [1.165, 1.54) is 17.5 Å². The van der Waals surface area contributed by atoms with E-state index in [0.717, 1.165) is 6.42 Å². The third kappa shape index (κ3) is 4.34. The number of benzene rings is 2. The Bertz CT molecular complexity index is 1040. The molecule has 4 atom stereocenters. The van der Waals surface area contributed by atoms with Gasteiger partial charge >= 0.3 is 0 Å². The Balaban J connectivity index is 1.41. The lowest BCUT2D eigenvalue weighted by molar-refractivity contribution is -0.131. The van der Waals surface area contributed by atoms with Gasteiger partial charge in [-0.2, -0.15) is 0 Å². The summed E-state index contributed by atoms with van der Waals surface area (Å²) in [6, 6.07) is 16.2. The van der Waals surface area contributed by atoms with E-state index >= 15 is 0 Å².